The molecule has 1 rings (SSSR count). The molecule has 3 N–H and O–H groups in total. The number of urea groups is 1. The van der Waals surface area contributed by atoms with Crippen LogP contribution in [0, 0.1) is 0 Å². The van der Waals surface area contributed by atoms with E-state index < -0.39 is 31.1 Å². The van der Waals surface area contributed by atoms with Gasteiger partial charge >= 0.3 is 12.0 Å². The van der Waals surface area contributed by atoms with E-state index in [0.29, 0.717) is 10.2 Å². The van der Waals surface area contributed by atoms with E-state index in [1.807, 2.05) is 5.32 Å². The summed E-state index contributed by atoms with van der Waals surface area (Å²) in [5.74, 6) is -1.94. The molecular formula is C11H10Br2N2O5. The molecule has 0 atom stereocenters. The number of amides is 3. The fourth-order valence-corrected chi connectivity index (χ4v) is 1.85. The first-order chi connectivity index (χ1) is 9.38. The lowest BCUT2D eigenvalue weighted by atomic mass is 10.3. The number of carboxylic acid groups (broad SMARTS) is 1. The van der Waals surface area contributed by atoms with E-state index in [0.717, 1.165) is 4.47 Å². The number of aliphatic carboxylic acids is 1. The third-order valence-corrected chi connectivity index (χ3v) is 3.07. The Morgan fingerprint density at radius 2 is 1.90 bits per heavy atom. The minimum atomic E-state index is -1.19. The highest BCUT2D eigenvalue weighted by atomic mass is 79.9. The van der Waals surface area contributed by atoms with Crippen LogP contribution in [-0.4, -0.2) is 36.2 Å². The van der Waals surface area contributed by atoms with Gasteiger partial charge in [0.25, 0.3) is 5.91 Å². The Bertz CT molecular complexity index is 536. The van der Waals surface area contributed by atoms with Crippen LogP contribution in [0.2, 0.25) is 0 Å². The molecular weight excluding hydrogens is 400 g/mol. The number of imide groups is 1. The molecule has 108 valence electrons. The SMILES string of the molecule is O=C(O)COCC(=O)NC(=O)Nc1cc(Br)ccc1Br. The van der Waals surface area contributed by atoms with Crippen LogP contribution >= 0.6 is 31.9 Å². The van der Waals surface area contributed by atoms with E-state index in [1.54, 1.807) is 18.2 Å². The summed E-state index contributed by atoms with van der Waals surface area (Å²) in [6.45, 7) is -1.12. The van der Waals surface area contributed by atoms with Crippen molar-refractivity contribution in [3.05, 3.63) is 27.1 Å². The normalized spacial score (nSPS) is 9.90. The number of hydrogen-bond donors (Lipinski definition) is 3. The summed E-state index contributed by atoms with van der Waals surface area (Å²) in [5, 5.41) is 12.8. The van der Waals surface area contributed by atoms with E-state index in [9.17, 15) is 14.4 Å². The number of carboxylic acids is 1. The number of nitrogens with one attached hydrogen (secondary N) is 2. The molecule has 0 unspecified atom stereocenters. The number of carbonyl (C=O) groups is 3. The van der Waals surface area contributed by atoms with Crippen molar-refractivity contribution in [2.24, 2.45) is 0 Å². The molecule has 0 radical (unpaired) electrons. The Morgan fingerprint density at radius 1 is 1.20 bits per heavy atom. The number of halogens is 2. The van der Waals surface area contributed by atoms with Gasteiger partial charge in [-0.25, -0.2) is 9.59 Å². The molecule has 0 saturated heterocycles. The lowest BCUT2D eigenvalue weighted by Gasteiger charge is -2.08. The summed E-state index contributed by atoms with van der Waals surface area (Å²) < 4.78 is 5.94. The molecule has 0 bridgehead atoms. The van der Waals surface area contributed by atoms with Crippen LogP contribution in [0.1, 0.15) is 0 Å². The first-order valence-corrected chi connectivity index (χ1v) is 6.82. The first kappa shape index (κ1) is 16.6. The maximum atomic E-state index is 11.5. The van der Waals surface area contributed by atoms with Gasteiger partial charge in [0.05, 0.1) is 5.69 Å². The minimum Gasteiger partial charge on any atom is -0.480 e. The maximum absolute atomic E-state index is 11.5. The summed E-state index contributed by atoms with van der Waals surface area (Å²) in [5.41, 5.74) is 0.469. The van der Waals surface area contributed by atoms with Crippen molar-refractivity contribution in [1.82, 2.24) is 5.32 Å². The highest BCUT2D eigenvalue weighted by Crippen LogP contribution is 2.25. The van der Waals surface area contributed by atoms with Gasteiger partial charge in [0.1, 0.15) is 13.2 Å². The molecule has 0 aliphatic heterocycles. The summed E-state index contributed by atoms with van der Waals surface area (Å²) in [4.78, 5) is 33.0. The van der Waals surface area contributed by atoms with E-state index >= 15 is 0 Å². The minimum absolute atomic E-state index is 0.469. The van der Waals surface area contributed by atoms with E-state index in [1.165, 1.54) is 0 Å². The van der Waals surface area contributed by atoms with Crippen LogP contribution in [0.5, 0.6) is 0 Å². The van der Waals surface area contributed by atoms with Crippen LogP contribution in [-0.2, 0) is 14.3 Å². The molecule has 20 heavy (non-hydrogen) atoms. The fourth-order valence-electron chi connectivity index (χ4n) is 1.14. The highest BCUT2D eigenvalue weighted by Gasteiger charge is 2.10. The molecule has 7 nitrogen and oxygen atoms in total. The molecule has 9 heteroatoms. The average molecular weight is 410 g/mol. The van der Waals surface area contributed by atoms with Gasteiger partial charge in [-0.05, 0) is 34.1 Å². The zero-order valence-electron chi connectivity index (χ0n) is 9.98. The predicted octanol–water partition coefficient (Wildman–Crippen LogP) is 1.96. The van der Waals surface area contributed by atoms with Crippen molar-refractivity contribution in [3.63, 3.8) is 0 Å². The van der Waals surface area contributed by atoms with Crippen LogP contribution in [0.15, 0.2) is 27.1 Å². The Morgan fingerprint density at radius 3 is 2.55 bits per heavy atom. The monoisotopic (exact) mass is 408 g/mol. The van der Waals surface area contributed by atoms with Gasteiger partial charge in [0, 0.05) is 8.95 Å². The Balaban J connectivity index is 2.45. The van der Waals surface area contributed by atoms with E-state index in [-0.39, 0.29) is 0 Å². The third kappa shape index (κ3) is 6.13. The summed E-state index contributed by atoms with van der Waals surface area (Å²) in [6, 6.07) is 4.40. The molecule has 0 fully saturated rings. The van der Waals surface area contributed by atoms with Crippen molar-refractivity contribution in [1.29, 1.82) is 0 Å². The van der Waals surface area contributed by atoms with Crippen molar-refractivity contribution in [2.75, 3.05) is 18.5 Å². The number of benzene rings is 1. The quantitative estimate of drug-likeness (QED) is 0.689. The predicted molar refractivity (Wildman–Crippen MR) is 77.5 cm³/mol. The van der Waals surface area contributed by atoms with Gasteiger partial charge < -0.3 is 15.2 Å². The lowest BCUT2D eigenvalue weighted by molar-refractivity contribution is -0.143. The largest absolute Gasteiger partial charge is 0.480 e. The van der Waals surface area contributed by atoms with Crippen molar-refractivity contribution < 1.29 is 24.2 Å². The van der Waals surface area contributed by atoms with Crippen LogP contribution < -0.4 is 10.6 Å². The van der Waals surface area contributed by atoms with Crippen molar-refractivity contribution in [2.45, 2.75) is 0 Å². The smallest absolute Gasteiger partial charge is 0.329 e. The molecule has 1 aromatic carbocycles. The van der Waals surface area contributed by atoms with Gasteiger partial charge in [-0.15, -0.1) is 0 Å². The van der Waals surface area contributed by atoms with Crippen molar-refractivity contribution in [3.8, 4) is 0 Å². The fraction of sp³-hybridized carbons (Fsp3) is 0.182. The first-order valence-electron chi connectivity index (χ1n) is 5.24. The Kier molecular flexibility index (Phi) is 6.62. The molecule has 3 amide bonds. The zero-order valence-corrected chi connectivity index (χ0v) is 13.2. The number of carbonyl (C=O) groups excluding carboxylic acids is 2. The molecule has 0 heterocycles. The van der Waals surface area contributed by atoms with Gasteiger partial charge in [0.15, 0.2) is 0 Å². The number of rotatable bonds is 5. The summed E-state index contributed by atoms with van der Waals surface area (Å²) in [7, 11) is 0. The second kappa shape index (κ2) is 7.98. The Hall–Kier alpha value is -1.45. The molecule has 0 aliphatic rings. The second-order valence-electron chi connectivity index (χ2n) is 3.51. The number of anilines is 1. The lowest BCUT2D eigenvalue weighted by Crippen LogP contribution is -2.37. The second-order valence-corrected chi connectivity index (χ2v) is 5.28. The van der Waals surface area contributed by atoms with E-state index in [2.05, 4.69) is 41.9 Å². The van der Waals surface area contributed by atoms with Gasteiger partial charge in [-0.2, -0.15) is 0 Å². The van der Waals surface area contributed by atoms with Crippen molar-refractivity contribution >= 4 is 55.5 Å². The molecule has 0 aromatic heterocycles. The maximum Gasteiger partial charge on any atom is 0.329 e. The molecule has 0 saturated carbocycles. The average Bonchev–Trinajstić information content (AvgIpc) is 2.33. The standard InChI is InChI=1S/C11H10Br2N2O5/c12-6-1-2-7(13)8(3-6)14-11(19)15-9(16)4-20-5-10(17)18/h1-3H,4-5H2,(H,17,18)(H2,14,15,16,19). The van der Waals surface area contributed by atoms with Crippen LogP contribution in [0.3, 0.4) is 0 Å². The van der Waals surface area contributed by atoms with Crippen LogP contribution in [0.4, 0.5) is 10.5 Å². The summed E-state index contributed by atoms with van der Waals surface area (Å²) >= 11 is 6.49. The van der Waals surface area contributed by atoms with Gasteiger partial charge in [-0.1, -0.05) is 15.9 Å². The molecule has 0 aliphatic carbocycles. The third-order valence-electron chi connectivity index (χ3n) is 1.89. The van der Waals surface area contributed by atoms with E-state index in [4.69, 9.17) is 5.11 Å². The topological polar surface area (TPSA) is 105 Å². The summed E-state index contributed by atoms with van der Waals surface area (Å²) in [6.07, 6.45) is 0. The molecule has 0 spiro atoms. The number of ether oxygens (including phenoxy) is 1. The van der Waals surface area contributed by atoms with Crippen LogP contribution in [0.25, 0.3) is 0 Å². The van der Waals surface area contributed by atoms with Gasteiger partial charge in [0.2, 0.25) is 0 Å². The highest BCUT2D eigenvalue weighted by molar-refractivity contribution is 9.11. The molecule has 1 aromatic rings. The van der Waals surface area contributed by atoms with Gasteiger partial charge in [-0.3, -0.25) is 10.1 Å². The zero-order chi connectivity index (χ0) is 15.1. The number of hydrogen-bond acceptors (Lipinski definition) is 4. The Labute approximate surface area is 130 Å².